The first-order valence-corrected chi connectivity index (χ1v) is 6.44. The van der Waals surface area contributed by atoms with Crippen molar-refractivity contribution >= 4 is 11.3 Å². The van der Waals surface area contributed by atoms with Gasteiger partial charge in [-0.3, -0.25) is 4.98 Å². The fourth-order valence-electron chi connectivity index (χ4n) is 2.09. The molecule has 0 atom stereocenters. The summed E-state index contributed by atoms with van der Waals surface area (Å²) in [5.74, 6) is 0. The van der Waals surface area contributed by atoms with Gasteiger partial charge in [-0.2, -0.15) is 0 Å². The number of fused-ring (bicyclic) bond motifs is 1. The summed E-state index contributed by atoms with van der Waals surface area (Å²) in [6.07, 6.45) is 4.77. The fraction of sp³-hybridized carbons (Fsp3) is 0.214. The molecular formula is C14H15N5O. The highest BCUT2D eigenvalue weighted by Gasteiger charge is 2.05. The molecule has 0 aliphatic heterocycles. The number of benzene rings is 1. The maximum atomic E-state index is 12.0. The van der Waals surface area contributed by atoms with Gasteiger partial charge in [-0.15, -0.1) is 5.10 Å². The Morgan fingerprint density at radius 1 is 1.30 bits per heavy atom. The van der Waals surface area contributed by atoms with E-state index in [2.05, 4.69) is 15.4 Å². The van der Waals surface area contributed by atoms with Crippen molar-refractivity contribution in [2.75, 3.05) is 11.9 Å². The number of aromatic nitrogens is 4. The third-order valence-corrected chi connectivity index (χ3v) is 3.17. The van der Waals surface area contributed by atoms with Crippen molar-refractivity contribution in [1.29, 1.82) is 0 Å². The predicted octanol–water partition coefficient (Wildman–Crippen LogP) is 1.31. The van der Waals surface area contributed by atoms with E-state index in [4.69, 9.17) is 0 Å². The van der Waals surface area contributed by atoms with Crippen LogP contribution in [0.5, 0.6) is 0 Å². The Bertz CT molecular complexity index is 789. The molecule has 3 aromatic rings. The van der Waals surface area contributed by atoms with E-state index in [-0.39, 0.29) is 5.69 Å². The number of hydrogen-bond donors (Lipinski definition) is 1. The molecule has 0 aliphatic carbocycles. The molecule has 0 aliphatic rings. The number of anilines is 1. The van der Waals surface area contributed by atoms with Crippen LogP contribution in [-0.2, 0) is 6.54 Å². The van der Waals surface area contributed by atoms with Gasteiger partial charge in [0.1, 0.15) is 0 Å². The molecule has 0 bridgehead atoms. The Labute approximate surface area is 115 Å². The minimum absolute atomic E-state index is 0.144. The third-order valence-electron chi connectivity index (χ3n) is 3.17. The molecule has 0 unspecified atom stereocenters. The van der Waals surface area contributed by atoms with E-state index >= 15 is 0 Å². The maximum Gasteiger partial charge on any atom is 0.350 e. The Kier molecular flexibility index (Phi) is 3.20. The van der Waals surface area contributed by atoms with E-state index in [9.17, 15) is 4.79 Å². The SMILES string of the molecule is Cc1ccccc1NCCn1nc2cnccn2c1=O. The average molecular weight is 269 g/mol. The van der Waals surface area contributed by atoms with Crippen LogP contribution in [0.15, 0.2) is 47.7 Å². The van der Waals surface area contributed by atoms with Crippen LogP contribution < -0.4 is 11.0 Å². The van der Waals surface area contributed by atoms with Crippen LogP contribution >= 0.6 is 0 Å². The Hall–Kier alpha value is -2.63. The number of aryl methyl sites for hydroxylation is 1. The van der Waals surface area contributed by atoms with Crippen LogP contribution in [0.2, 0.25) is 0 Å². The molecule has 6 nitrogen and oxygen atoms in total. The molecule has 6 heteroatoms. The zero-order valence-electron chi connectivity index (χ0n) is 11.2. The molecule has 1 aromatic carbocycles. The van der Waals surface area contributed by atoms with Gasteiger partial charge in [0.05, 0.1) is 12.7 Å². The molecule has 102 valence electrons. The van der Waals surface area contributed by atoms with E-state index in [0.29, 0.717) is 18.7 Å². The Morgan fingerprint density at radius 2 is 2.15 bits per heavy atom. The number of hydrogen-bond acceptors (Lipinski definition) is 4. The quantitative estimate of drug-likeness (QED) is 0.775. The molecule has 2 aromatic heterocycles. The lowest BCUT2D eigenvalue weighted by atomic mass is 10.2. The topological polar surface area (TPSA) is 64.2 Å². The molecule has 0 spiro atoms. The van der Waals surface area contributed by atoms with Gasteiger partial charge in [0.2, 0.25) is 0 Å². The van der Waals surface area contributed by atoms with Crippen molar-refractivity contribution in [1.82, 2.24) is 19.2 Å². The summed E-state index contributed by atoms with van der Waals surface area (Å²) in [5.41, 5.74) is 2.67. The van der Waals surface area contributed by atoms with Gasteiger partial charge in [-0.25, -0.2) is 13.9 Å². The first-order valence-electron chi connectivity index (χ1n) is 6.44. The highest BCUT2D eigenvalue weighted by Crippen LogP contribution is 2.12. The fourth-order valence-corrected chi connectivity index (χ4v) is 2.09. The number of nitrogens with one attached hydrogen (secondary N) is 1. The van der Waals surface area contributed by atoms with Crippen molar-refractivity contribution in [2.45, 2.75) is 13.5 Å². The lowest BCUT2D eigenvalue weighted by molar-refractivity contribution is 0.614. The first-order chi connectivity index (χ1) is 9.75. The van der Waals surface area contributed by atoms with Crippen LogP contribution in [0.25, 0.3) is 5.65 Å². The van der Waals surface area contributed by atoms with E-state index in [0.717, 1.165) is 5.69 Å². The van der Waals surface area contributed by atoms with Gasteiger partial charge in [-0.05, 0) is 18.6 Å². The summed E-state index contributed by atoms with van der Waals surface area (Å²) in [7, 11) is 0. The Balaban J connectivity index is 1.73. The lowest BCUT2D eigenvalue weighted by Crippen LogP contribution is -2.24. The van der Waals surface area contributed by atoms with E-state index < -0.39 is 0 Å². The largest absolute Gasteiger partial charge is 0.383 e. The Morgan fingerprint density at radius 3 is 2.95 bits per heavy atom. The summed E-state index contributed by atoms with van der Waals surface area (Å²) in [5, 5.41) is 7.54. The first kappa shape index (κ1) is 12.4. The predicted molar refractivity (Wildman–Crippen MR) is 76.9 cm³/mol. The maximum absolute atomic E-state index is 12.0. The van der Waals surface area contributed by atoms with E-state index in [1.54, 1.807) is 18.6 Å². The van der Waals surface area contributed by atoms with Gasteiger partial charge in [-0.1, -0.05) is 18.2 Å². The average Bonchev–Trinajstić information content (AvgIpc) is 2.78. The lowest BCUT2D eigenvalue weighted by Gasteiger charge is -2.08. The van der Waals surface area contributed by atoms with E-state index in [1.165, 1.54) is 14.6 Å². The molecule has 3 rings (SSSR count). The normalized spacial score (nSPS) is 10.8. The molecule has 0 fully saturated rings. The van der Waals surface area contributed by atoms with Crippen LogP contribution in [0.4, 0.5) is 5.69 Å². The van der Waals surface area contributed by atoms with Gasteiger partial charge in [0.15, 0.2) is 5.65 Å². The van der Waals surface area contributed by atoms with Crippen molar-refractivity contribution in [3.63, 3.8) is 0 Å². The van der Waals surface area contributed by atoms with Gasteiger partial charge >= 0.3 is 5.69 Å². The minimum atomic E-state index is -0.144. The number of para-hydroxylation sites is 1. The van der Waals surface area contributed by atoms with Crippen molar-refractivity contribution in [3.8, 4) is 0 Å². The second-order valence-electron chi connectivity index (χ2n) is 4.55. The van der Waals surface area contributed by atoms with Crippen molar-refractivity contribution < 1.29 is 0 Å². The molecule has 0 saturated heterocycles. The molecule has 0 saturated carbocycles. The van der Waals surface area contributed by atoms with Gasteiger partial charge in [0.25, 0.3) is 0 Å². The van der Waals surface area contributed by atoms with Crippen molar-refractivity contribution in [3.05, 3.63) is 58.9 Å². The molecule has 20 heavy (non-hydrogen) atoms. The molecule has 2 heterocycles. The summed E-state index contributed by atoms with van der Waals surface area (Å²) in [6.45, 7) is 3.20. The zero-order valence-corrected chi connectivity index (χ0v) is 11.2. The van der Waals surface area contributed by atoms with Crippen LogP contribution in [-0.4, -0.2) is 25.7 Å². The smallest absolute Gasteiger partial charge is 0.350 e. The molecule has 0 radical (unpaired) electrons. The van der Waals surface area contributed by atoms with E-state index in [1.807, 2.05) is 31.2 Å². The molecular weight excluding hydrogens is 254 g/mol. The molecule has 0 amide bonds. The van der Waals surface area contributed by atoms with Gasteiger partial charge < -0.3 is 5.32 Å². The number of nitrogens with zero attached hydrogens (tertiary/aromatic N) is 4. The number of rotatable bonds is 4. The summed E-state index contributed by atoms with van der Waals surface area (Å²) < 4.78 is 2.93. The summed E-state index contributed by atoms with van der Waals surface area (Å²) in [4.78, 5) is 16.0. The summed E-state index contributed by atoms with van der Waals surface area (Å²) >= 11 is 0. The minimum Gasteiger partial charge on any atom is -0.383 e. The highest BCUT2D eigenvalue weighted by molar-refractivity contribution is 5.50. The standard InChI is InChI=1S/C14H15N5O/c1-11-4-2-3-5-12(11)16-7-9-19-14(20)18-8-6-15-10-13(18)17-19/h2-6,8,10,16H,7,9H2,1H3. The second kappa shape index (κ2) is 5.16. The van der Waals surface area contributed by atoms with Gasteiger partial charge in [0, 0.05) is 24.6 Å². The monoisotopic (exact) mass is 269 g/mol. The summed E-state index contributed by atoms with van der Waals surface area (Å²) in [6, 6.07) is 8.05. The highest BCUT2D eigenvalue weighted by atomic mass is 16.2. The molecule has 1 N–H and O–H groups in total. The van der Waals surface area contributed by atoms with Crippen LogP contribution in [0.3, 0.4) is 0 Å². The third kappa shape index (κ3) is 2.27. The van der Waals surface area contributed by atoms with Crippen LogP contribution in [0, 0.1) is 6.92 Å². The van der Waals surface area contributed by atoms with Crippen molar-refractivity contribution in [2.24, 2.45) is 0 Å². The zero-order chi connectivity index (χ0) is 13.9. The van der Waals surface area contributed by atoms with Crippen LogP contribution in [0.1, 0.15) is 5.56 Å². The second-order valence-corrected chi connectivity index (χ2v) is 4.55.